The molecule has 1 saturated heterocycles. The van der Waals surface area contributed by atoms with Crippen LogP contribution in [-0.4, -0.2) is 62.1 Å². The Kier molecular flexibility index (Phi) is 5.80. The van der Waals surface area contributed by atoms with E-state index in [2.05, 4.69) is 48.0 Å². The number of methoxy groups -OCH3 is 1. The number of ether oxygens (including phenoxy) is 1. The van der Waals surface area contributed by atoms with Gasteiger partial charge in [-0.15, -0.1) is 0 Å². The number of nitrogens with zero attached hydrogens (tertiary/aromatic N) is 2. The van der Waals surface area contributed by atoms with Crippen LogP contribution < -0.4 is 0 Å². The minimum Gasteiger partial charge on any atom is -0.385 e. The first-order valence-electron chi connectivity index (χ1n) is 9.62. The van der Waals surface area contributed by atoms with Gasteiger partial charge in [0.1, 0.15) is 0 Å². The maximum atomic E-state index is 13.6. The highest BCUT2D eigenvalue weighted by molar-refractivity contribution is 5.91. The number of carbonyl (C=O) groups excluding carboxylic acids is 1. The molecule has 0 radical (unpaired) electrons. The predicted octanol–water partition coefficient (Wildman–Crippen LogP) is 2.99. The molecule has 138 valence electrons. The molecule has 0 unspecified atom stereocenters. The van der Waals surface area contributed by atoms with Gasteiger partial charge in [0.2, 0.25) is 5.91 Å². The molecule has 25 heavy (non-hydrogen) atoms. The van der Waals surface area contributed by atoms with Crippen LogP contribution in [0.2, 0.25) is 0 Å². The van der Waals surface area contributed by atoms with Crippen LogP contribution in [0.25, 0.3) is 0 Å². The zero-order valence-corrected chi connectivity index (χ0v) is 16.0. The van der Waals surface area contributed by atoms with E-state index in [0.717, 1.165) is 51.7 Å². The second kappa shape index (κ2) is 7.88. The molecule has 0 spiro atoms. The largest absolute Gasteiger partial charge is 0.385 e. The molecular formula is C21H32N2O2. The molecule has 1 saturated carbocycles. The normalized spacial score (nSPS) is 20.4. The number of benzene rings is 1. The molecule has 0 atom stereocenters. The highest BCUT2D eigenvalue weighted by Crippen LogP contribution is 2.50. The third kappa shape index (κ3) is 4.06. The highest BCUT2D eigenvalue weighted by Gasteiger charge is 2.53. The van der Waals surface area contributed by atoms with E-state index >= 15 is 0 Å². The van der Waals surface area contributed by atoms with Crippen LogP contribution in [0.4, 0.5) is 0 Å². The Morgan fingerprint density at radius 1 is 1.24 bits per heavy atom. The standard InChI is InChI=1S/C21H32N2O2/c1-17-5-7-18(8-6-17)21(11-12-21)20(24)23(13-4-16-25-3)19-9-14-22(2)15-10-19/h5-8,19H,4,9-16H2,1-3H3. The van der Waals surface area contributed by atoms with E-state index in [4.69, 9.17) is 4.74 Å². The van der Waals surface area contributed by atoms with Crippen LogP contribution in [-0.2, 0) is 14.9 Å². The molecule has 0 bridgehead atoms. The number of likely N-dealkylation sites (tertiary alicyclic amines) is 1. The Bertz CT molecular complexity index is 572. The van der Waals surface area contributed by atoms with E-state index in [1.807, 2.05) is 0 Å². The van der Waals surface area contributed by atoms with Gasteiger partial charge in [0.15, 0.2) is 0 Å². The van der Waals surface area contributed by atoms with Gasteiger partial charge in [0.25, 0.3) is 0 Å². The number of aryl methyl sites for hydroxylation is 1. The molecule has 3 rings (SSSR count). The SMILES string of the molecule is COCCCN(C(=O)C1(c2ccc(C)cc2)CC1)C1CCN(C)CC1. The van der Waals surface area contributed by atoms with Crippen molar-refractivity contribution in [3.63, 3.8) is 0 Å². The summed E-state index contributed by atoms with van der Waals surface area (Å²) in [5.74, 6) is 0.349. The van der Waals surface area contributed by atoms with Crippen LogP contribution in [0.5, 0.6) is 0 Å². The smallest absolute Gasteiger partial charge is 0.233 e. The summed E-state index contributed by atoms with van der Waals surface area (Å²) in [4.78, 5) is 18.1. The fourth-order valence-corrected chi connectivity index (χ4v) is 4.03. The van der Waals surface area contributed by atoms with E-state index in [1.54, 1.807) is 7.11 Å². The van der Waals surface area contributed by atoms with Gasteiger partial charge in [-0.2, -0.15) is 0 Å². The van der Waals surface area contributed by atoms with E-state index in [1.165, 1.54) is 11.1 Å². The first-order chi connectivity index (χ1) is 12.1. The Labute approximate surface area is 152 Å². The first kappa shape index (κ1) is 18.4. The summed E-state index contributed by atoms with van der Waals surface area (Å²) in [6, 6.07) is 8.95. The third-order valence-electron chi connectivity index (χ3n) is 5.90. The fraction of sp³-hybridized carbons (Fsp3) is 0.667. The van der Waals surface area contributed by atoms with Gasteiger partial charge in [0.05, 0.1) is 5.41 Å². The Hall–Kier alpha value is -1.39. The van der Waals surface area contributed by atoms with Crippen molar-refractivity contribution in [1.82, 2.24) is 9.80 Å². The monoisotopic (exact) mass is 344 g/mol. The van der Waals surface area contributed by atoms with Crippen LogP contribution in [0.1, 0.15) is 43.2 Å². The molecule has 1 aromatic carbocycles. The van der Waals surface area contributed by atoms with Gasteiger partial charge >= 0.3 is 0 Å². The lowest BCUT2D eigenvalue weighted by Gasteiger charge is -2.39. The van der Waals surface area contributed by atoms with Crippen molar-refractivity contribution in [3.05, 3.63) is 35.4 Å². The van der Waals surface area contributed by atoms with Crippen molar-refractivity contribution < 1.29 is 9.53 Å². The van der Waals surface area contributed by atoms with Crippen molar-refractivity contribution in [2.24, 2.45) is 0 Å². The summed E-state index contributed by atoms with van der Waals surface area (Å²) in [6.45, 7) is 5.79. The number of rotatable bonds is 7. The second-order valence-electron chi connectivity index (χ2n) is 7.83. The summed E-state index contributed by atoms with van der Waals surface area (Å²) >= 11 is 0. The van der Waals surface area contributed by atoms with E-state index in [9.17, 15) is 4.79 Å². The van der Waals surface area contributed by atoms with Gasteiger partial charge < -0.3 is 14.5 Å². The summed E-state index contributed by atoms with van der Waals surface area (Å²) in [6.07, 6.45) is 5.06. The number of amides is 1. The van der Waals surface area contributed by atoms with Gasteiger partial charge in [-0.05, 0) is 64.7 Å². The van der Waals surface area contributed by atoms with E-state index < -0.39 is 0 Å². The number of carbonyl (C=O) groups is 1. The average Bonchev–Trinajstić information content (AvgIpc) is 3.42. The maximum absolute atomic E-state index is 13.6. The molecule has 2 fully saturated rings. The summed E-state index contributed by atoms with van der Waals surface area (Å²) in [5, 5.41) is 0. The molecule has 0 N–H and O–H groups in total. The van der Waals surface area contributed by atoms with Gasteiger partial charge in [-0.3, -0.25) is 4.79 Å². The second-order valence-corrected chi connectivity index (χ2v) is 7.83. The average molecular weight is 344 g/mol. The predicted molar refractivity (Wildman–Crippen MR) is 101 cm³/mol. The molecule has 1 amide bonds. The van der Waals surface area contributed by atoms with Crippen LogP contribution >= 0.6 is 0 Å². The third-order valence-corrected chi connectivity index (χ3v) is 5.90. The number of hydrogen-bond donors (Lipinski definition) is 0. The Morgan fingerprint density at radius 2 is 1.88 bits per heavy atom. The molecule has 1 heterocycles. The van der Waals surface area contributed by atoms with Crippen molar-refractivity contribution in [1.29, 1.82) is 0 Å². The topological polar surface area (TPSA) is 32.8 Å². The number of piperidine rings is 1. The Morgan fingerprint density at radius 3 is 2.44 bits per heavy atom. The highest BCUT2D eigenvalue weighted by atomic mass is 16.5. The minimum atomic E-state index is -0.260. The van der Waals surface area contributed by atoms with Gasteiger partial charge in [-0.1, -0.05) is 29.8 Å². The minimum absolute atomic E-state index is 0.260. The van der Waals surface area contributed by atoms with Crippen molar-refractivity contribution in [3.8, 4) is 0 Å². The molecule has 1 aromatic rings. The molecule has 1 aliphatic carbocycles. The molecule has 4 nitrogen and oxygen atoms in total. The van der Waals surface area contributed by atoms with Crippen molar-refractivity contribution in [2.75, 3.05) is 40.4 Å². The lowest BCUT2D eigenvalue weighted by atomic mass is 9.91. The maximum Gasteiger partial charge on any atom is 0.233 e. The first-order valence-corrected chi connectivity index (χ1v) is 9.62. The number of hydrogen-bond acceptors (Lipinski definition) is 3. The fourth-order valence-electron chi connectivity index (χ4n) is 4.03. The summed E-state index contributed by atoms with van der Waals surface area (Å²) in [5.41, 5.74) is 2.19. The zero-order chi connectivity index (χ0) is 17.9. The van der Waals surface area contributed by atoms with E-state index in [-0.39, 0.29) is 5.41 Å². The zero-order valence-electron chi connectivity index (χ0n) is 16.0. The van der Waals surface area contributed by atoms with Crippen LogP contribution in [0, 0.1) is 6.92 Å². The lowest BCUT2D eigenvalue weighted by Crippen LogP contribution is -2.50. The van der Waals surface area contributed by atoms with Crippen LogP contribution in [0.3, 0.4) is 0 Å². The van der Waals surface area contributed by atoms with Crippen molar-refractivity contribution >= 4 is 5.91 Å². The van der Waals surface area contributed by atoms with E-state index in [0.29, 0.717) is 18.6 Å². The van der Waals surface area contributed by atoms with Crippen LogP contribution in [0.15, 0.2) is 24.3 Å². The van der Waals surface area contributed by atoms with Crippen molar-refractivity contribution in [2.45, 2.75) is 50.5 Å². The summed E-state index contributed by atoms with van der Waals surface area (Å²) in [7, 11) is 3.90. The summed E-state index contributed by atoms with van der Waals surface area (Å²) < 4.78 is 5.23. The molecule has 2 aliphatic rings. The molecule has 1 aliphatic heterocycles. The van der Waals surface area contributed by atoms with Gasteiger partial charge in [-0.25, -0.2) is 0 Å². The molecule has 4 heteroatoms. The Balaban J connectivity index is 1.77. The molecular weight excluding hydrogens is 312 g/mol. The van der Waals surface area contributed by atoms with Gasteiger partial charge in [0, 0.05) is 26.3 Å². The molecule has 0 aromatic heterocycles. The lowest BCUT2D eigenvalue weighted by molar-refractivity contribution is -0.137. The quantitative estimate of drug-likeness (QED) is 0.713.